The van der Waals surface area contributed by atoms with Crippen molar-refractivity contribution in [3.05, 3.63) is 46.5 Å². The molecule has 168 valence electrons. The highest BCUT2D eigenvalue weighted by Gasteiger charge is 2.26. The van der Waals surface area contributed by atoms with Crippen LogP contribution in [-0.2, 0) is 4.74 Å². The third-order valence-electron chi connectivity index (χ3n) is 5.74. The molecule has 5 rings (SSSR count). The molecule has 4 heterocycles. The second-order valence-electron chi connectivity index (χ2n) is 8.72. The highest BCUT2D eigenvalue weighted by Crippen LogP contribution is 2.33. The summed E-state index contributed by atoms with van der Waals surface area (Å²) in [6, 6.07) is 5.50. The zero-order chi connectivity index (χ0) is 22.2. The minimum atomic E-state index is -0.436. The van der Waals surface area contributed by atoms with Crippen molar-refractivity contribution >= 4 is 22.6 Å². The van der Waals surface area contributed by atoms with E-state index >= 15 is 0 Å². The van der Waals surface area contributed by atoms with E-state index in [9.17, 15) is 9.59 Å². The highest BCUT2D eigenvalue weighted by atomic mass is 16.5. The number of nitrogens with one attached hydrogen (secondary N) is 1. The number of aromatic nitrogens is 4. The highest BCUT2D eigenvalue weighted by molar-refractivity contribution is 6.07. The fourth-order valence-corrected chi connectivity index (χ4v) is 3.99. The molecule has 0 radical (unpaired) electrons. The predicted molar refractivity (Wildman–Crippen MR) is 119 cm³/mol. The van der Waals surface area contributed by atoms with Crippen molar-refractivity contribution in [1.29, 1.82) is 0 Å². The van der Waals surface area contributed by atoms with Crippen molar-refractivity contribution < 1.29 is 14.3 Å². The molecular formula is C23H27N5O4. The molecule has 1 saturated heterocycles. The van der Waals surface area contributed by atoms with Gasteiger partial charge in [0.05, 0.1) is 18.8 Å². The van der Waals surface area contributed by atoms with Crippen LogP contribution in [0.5, 0.6) is 5.88 Å². The first-order valence-electron chi connectivity index (χ1n) is 11.2. The maximum Gasteiger partial charge on any atom is 0.274 e. The van der Waals surface area contributed by atoms with Crippen LogP contribution in [0.15, 0.2) is 35.4 Å². The van der Waals surface area contributed by atoms with E-state index in [4.69, 9.17) is 9.47 Å². The number of carbonyl (C=O) groups excluding carboxylic acids is 1. The van der Waals surface area contributed by atoms with E-state index in [0.717, 1.165) is 37.7 Å². The van der Waals surface area contributed by atoms with Crippen molar-refractivity contribution in [1.82, 2.24) is 19.3 Å². The molecule has 32 heavy (non-hydrogen) atoms. The van der Waals surface area contributed by atoms with Crippen molar-refractivity contribution in [2.45, 2.75) is 57.7 Å². The van der Waals surface area contributed by atoms with Gasteiger partial charge >= 0.3 is 0 Å². The largest absolute Gasteiger partial charge is 0.474 e. The maximum atomic E-state index is 13.2. The van der Waals surface area contributed by atoms with Crippen LogP contribution in [0.1, 0.15) is 62.0 Å². The quantitative estimate of drug-likeness (QED) is 0.635. The molecule has 9 heteroatoms. The Morgan fingerprint density at radius 2 is 2.12 bits per heavy atom. The molecule has 0 bridgehead atoms. The van der Waals surface area contributed by atoms with Gasteiger partial charge in [-0.05, 0) is 57.7 Å². The Morgan fingerprint density at radius 3 is 2.84 bits per heavy atom. The van der Waals surface area contributed by atoms with Gasteiger partial charge in [0, 0.05) is 30.4 Å². The summed E-state index contributed by atoms with van der Waals surface area (Å²) in [5, 5.41) is 8.10. The summed E-state index contributed by atoms with van der Waals surface area (Å²) in [6.07, 6.45) is 7.42. The van der Waals surface area contributed by atoms with Crippen LogP contribution < -0.4 is 15.6 Å². The van der Waals surface area contributed by atoms with Gasteiger partial charge < -0.3 is 19.4 Å². The van der Waals surface area contributed by atoms with Crippen LogP contribution in [0.3, 0.4) is 0 Å². The number of amides is 1. The van der Waals surface area contributed by atoms with E-state index in [2.05, 4.69) is 15.4 Å². The summed E-state index contributed by atoms with van der Waals surface area (Å²) in [6.45, 7) is 5.13. The van der Waals surface area contributed by atoms with Crippen LogP contribution in [-0.4, -0.2) is 44.6 Å². The van der Waals surface area contributed by atoms with E-state index in [0.29, 0.717) is 12.3 Å². The maximum absolute atomic E-state index is 13.2. The number of hydrogen-bond donors (Lipinski definition) is 1. The molecule has 0 unspecified atom stereocenters. The van der Waals surface area contributed by atoms with Gasteiger partial charge in [-0.25, -0.2) is 0 Å². The lowest BCUT2D eigenvalue weighted by Crippen LogP contribution is -2.25. The summed E-state index contributed by atoms with van der Waals surface area (Å²) >= 11 is 0. The van der Waals surface area contributed by atoms with Crippen molar-refractivity contribution in [2.24, 2.45) is 0 Å². The molecule has 2 fully saturated rings. The summed E-state index contributed by atoms with van der Waals surface area (Å²) in [7, 11) is 0. The summed E-state index contributed by atoms with van der Waals surface area (Å²) in [5.41, 5.74) is 0.828. The van der Waals surface area contributed by atoms with Gasteiger partial charge in [-0.3, -0.25) is 14.3 Å². The van der Waals surface area contributed by atoms with Gasteiger partial charge in [0.25, 0.3) is 11.5 Å². The Kier molecular flexibility index (Phi) is 5.42. The first-order chi connectivity index (χ1) is 15.5. The van der Waals surface area contributed by atoms with E-state index in [1.54, 1.807) is 29.0 Å². The lowest BCUT2D eigenvalue weighted by molar-refractivity contribution is 0.0551. The number of fused-ring (bicyclic) bond motifs is 1. The van der Waals surface area contributed by atoms with Crippen molar-refractivity contribution in [2.75, 3.05) is 18.5 Å². The molecule has 0 spiro atoms. The molecule has 1 atom stereocenters. The zero-order valence-corrected chi connectivity index (χ0v) is 18.3. The van der Waals surface area contributed by atoms with E-state index in [1.165, 1.54) is 0 Å². The van der Waals surface area contributed by atoms with Crippen LogP contribution in [0.25, 0.3) is 11.0 Å². The first kappa shape index (κ1) is 20.7. The molecule has 9 nitrogen and oxygen atoms in total. The minimum Gasteiger partial charge on any atom is -0.474 e. The number of hydrogen-bond acceptors (Lipinski definition) is 6. The normalized spacial score (nSPS) is 18.8. The second kappa shape index (κ2) is 8.38. The lowest BCUT2D eigenvalue weighted by atomic mass is 10.1. The fourth-order valence-electron chi connectivity index (χ4n) is 3.99. The number of carbonyl (C=O) groups is 1. The summed E-state index contributed by atoms with van der Waals surface area (Å²) in [4.78, 5) is 30.5. The smallest absolute Gasteiger partial charge is 0.274 e. The summed E-state index contributed by atoms with van der Waals surface area (Å²) in [5.74, 6) is -0.233. The standard InChI is InChI=1S/C23H27N5O4/c1-14(2)32-22-18(21(29)24-19-6-3-9-27(23(19)30)16-7-8-16)11-15-12-28(26-20(15)25-22)17-5-4-10-31-13-17/h3,6,9,11-12,14,16-17H,4-5,7-8,10,13H2,1-2H3,(H,24,29)/t17-/m1/s1. The van der Waals surface area contributed by atoms with Gasteiger partial charge in [0.2, 0.25) is 5.88 Å². The third-order valence-corrected chi connectivity index (χ3v) is 5.74. The fraction of sp³-hybridized carbons (Fsp3) is 0.478. The number of rotatable bonds is 6. The van der Waals surface area contributed by atoms with Crippen molar-refractivity contribution in [3.8, 4) is 5.88 Å². The lowest BCUT2D eigenvalue weighted by Gasteiger charge is -2.21. The molecule has 3 aromatic heterocycles. The van der Waals surface area contributed by atoms with Crippen LogP contribution in [0, 0.1) is 0 Å². The Bertz CT molecular complexity index is 1200. The first-order valence-corrected chi connectivity index (χ1v) is 11.2. The Balaban J connectivity index is 1.49. The van der Waals surface area contributed by atoms with Gasteiger partial charge in [0.1, 0.15) is 11.3 Å². The Labute approximate surface area is 185 Å². The van der Waals surface area contributed by atoms with Gasteiger partial charge in [-0.15, -0.1) is 0 Å². The monoisotopic (exact) mass is 437 g/mol. The number of nitrogens with zero attached hydrogens (tertiary/aromatic N) is 4. The zero-order valence-electron chi connectivity index (χ0n) is 18.3. The van der Waals surface area contributed by atoms with Gasteiger partial charge in [-0.1, -0.05) is 0 Å². The summed E-state index contributed by atoms with van der Waals surface area (Å²) < 4.78 is 15.0. The molecule has 0 aromatic carbocycles. The number of pyridine rings is 2. The topological polar surface area (TPSA) is 100 Å². The van der Waals surface area contributed by atoms with Crippen LogP contribution in [0.2, 0.25) is 0 Å². The third kappa shape index (κ3) is 4.12. The van der Waals surface area contributed by atoms with Crippen LogP contribution in [0.4, 0.5) is 5.69 Å². The molecule has 3 aromatic rings. The van der Waals surface area contributed by atoms with Crippen molar-refractivity contribution in [3.63, 3.8) is 0 Å². The minimum absolute atomic E-state index is 0.148. The van der Waals surface area contributed by atoms with Crippen LogP contribution >= 0.6 is 0 Å². The second-order valence-corrected chi connectivity index (χ2v) is 8.72. The molecular weight excluding hydrogens is 410 g/mol. The van der Waals surface area contributed by atoms with Gasteiger partial charge in [0.15, 0.2) is 5.65 Å². The van der Waals surface area contributed by atoms with Gasteiger partial charge in [-0.2, -0.15) is 10.1 Å². The Morgan fingerprint density at radius 1 is 1.28 bits per heavy atom. The number of ether oxygens (including phenoxy) is 2. The molecule has 1 amide bonds. The molecule has 1 saturated carbocycles. The average molecular weight is 438 g/mol. The van der Waals surface area contributed by atoms with E-state index in [-0.39, 0.29) is 40.9 Å². The Hall–Kier alpha value is -3.20. The molecule has 1 N–H and O–H groups in total. The number of anilines is 1. The predicted octanol–water partition coefficient (Wildman–Crippen LogP) is 3.32. The molecule has 1 aliphatic carbocycles. The van der Waals surface area contributed by atoms with E-state index in [1.807, 2.05) is 24.7 Å². The molecule has 2 aliphatic rings. The SMILES string of the molecule is CC(C)Oc1nc2nn([C@@H]3CCCOC3)cc2cc1C(=O)Nc1cccn(C2CC2)c1=O. The molecule has 1 aliphatic heterocycles. The van der Waals surface area contributed by atoms with E-state index < -0.39 is 5.91 Å². The average Bonchev–Trinajstić information content (AvgIpc) is 3.53.